The van der Waals surface area contributed by atoms with E-state index in [0.717, 1.165) is 9.80 Å². The number of rotatable bonds is 33. The molecule has 4 aliphatic rings. The summed E-state index contributed by atoms with van der Waals surface area (Å²) in [6, 6.07) is -4.66. The zero-order valence-electron chi connectivity index (χ0n) is 47.2. The number of hydrogen-bond donors (Lipinski definition) is 13. The van der Waals surface area contributed by atoms with E-state index in [1.165, 1.54) is 4.90 Å². The molecule has 1 aromatic carbocycles. The van der Waals surface area contributed by atoms with Gasteiger partial charge < -0.3 is 85.7 Å². The number of hydrogen-bond acceptors (Lipinski definition) is 16. The van der Waals surface area contributed by atoms with Gasteiger partial charge in [0.05, 0.1) is 6.04 Å². The van der Waals surface area contributed by atoms with Crippen LogP contribution in [0.3, 0.4) is 0 Å². The lowest BCUT2D eigenvalue weighted by atomic mass is 10.0. The number of carbonyl (C=O) groups is 15. The van der Waals surface area contributed by atoms with Crippen LogP contribution in [-0.4, -0.2) is 195 Å². The summed E-state index contributed by atoms with van der Waals surface area (Å²) in [6.45, 7) is 0.533. The quantitative estimate of drug-likeness (QED) is 0.0312. The van der Waals surface area contributed by atoms with Crippen molar-refractivity contribution >= 4 is 88.7 Å². The van der Waals surface area contributed by atoms with Crippen LogP contribution in [0.25, 0.3) is 0 Å². The van der Waals surface area contributed by atoms with Gasteiger partial charge in [-0.25, -0.2) is 4.79 Å². The van der Waals surface area contributed by atoms with E-state index in [0.29, 0.717) is 31.4 Å². The number of carboxylic acids is 1. The van der Waals surface area contributed by atoms with Crippen molar-refractivity contribution in [2.45, 2.75) is 182 Å². The summed E-state index contributed by atoms with van der Waals surface area (Å²) in [4.78, 5) is 202. The Labute approximate surface area is 489 Å². The number of nitrogens with zero attached hydrogens (tertiary/aromatic N) is 3. The average molecular weight is 1190 g/mol. The molecule has 85 heavy (non-hydrogen) atoms. The molecule has 31 nitrogen and oxygen atoms in total. The number of aliphatic carboxylic acids is 1. The Bertz CT molecular complexity index is 2670. The number of nitrogens with one attached hydrogen (secondary N) is 7. The van der Waals surface area contributed by atoms with Crippen LogP contribution in [0.5, 0.6) is 0 Å². The molecular formula is C54H79N15O16. The largest absolute Gasteiger partial charge is 0.480 e. The van der Waals surface area contributed by atoms with Crippen LogP contribution in [0.4, 0.5) is 0 Å². The van der Waals surface area contributed by atoms with E-state index in [2.05, 4.69) is 37.2 Å². The maximum atomic E-state index is 14.6. The van der Waals surface area contributed by atoms with Crippen molar-refractivity contribution in [3.63, 3.8) is 0 Å². The van der Waals surface area contributed by atoms with Gasteiger partial charge in [0.15, 0.2) is 0 Å². The SMILES string of the molecule is NC(=O)CC[C@H](NC(=O)[C@@H]1CCCN1C(=O)[C@H](Cc1ccccc1)NC(=O)[C@@H]1CCCN1C(=O)[C@H](CCC(N)=O)NC(=O)[C@H](CCC(N)=O)NC(=O)[C@@H]1CCCN1C(=O)[C@H](CCC(N)=O)NC(=O)[C@H](CCC(N)=O)NC(=O)[C@@H]1CCCN1)C(=O)O. The fraction of sp³-hybridized carbons (Fsp3) is 0.611. The maximum Gasteiger partial charge on any atom is 0.326 e. The Balaban J connectivity index is 1.33. The highest BCUT2D eigenvalue weighted by atomic mass is 16.4. The van der Waals surface area contributed by atoms with Gasteiger partial charge in [-0.1, -0.05) is 30.3 Å². The van der Waals surface area contributed by atoms with Crippen LogP contribution in [0.1, 0.15) is 121 Å². The molecule has 0 spiro atoms. The fourth-order valence-electron chi connectivity index (χ4n) is 10.8. The normalized spacial score (nSPS) is 20.3. The Kier molecular flexibility index (Phi) is 25.5. The summed E-state index contributed by atoms with van der Waals surface area (Å²) >= 11 is 0. The molecule has 4 saturated heterocycles. The highest BCUT2D eigenvalue weighted by molar-refractivity contribution is 5.99. The molecule has 0 aromatic heterocycles. The van der Waals surface area contributed by atoms with Gasteiger partial charge in [-0.3, -0.25) is 67.1 Å². The molecule has 14 amide bonds. The summed E-state index contributed by atoms with van der Waals surface area (Å²) < 4.78 is 0. The third-order valence-electron chi connectivity index (χ3n) is 15.3. The predicted octanol–water partition coefficient (Wildman–Crippen LogP) is -5.73. The fourth-order valence-corrected chi connectivity index (χ4v) is 10.8. The monoisotopic (exact) mass is 1190 g/mol. The molecule has 0 radical (unpaired) electrons. The number of nitrogens with two attached hydrogens (primary N) is 5. The van der Waals surface area contributed by atoms with Crippen LogP contribution in [-0.2, 0) is 78.3 Å². The van der Waals surface area contributed by atoms with E-state index in [9.17, 15) is 77.0 Å². The van der Waals surface area contributed by atoms with Gasteiger partial charge in [-0.05, 0) is 95.6 Å². The molecule has 466 valence electrons. The number of primary amides is 5. The van der Waals surface area contributed by atoms with Crippen LogP contribution in [0.2, 0.25) is 0 Å². The first kappa shape index (κ1) is 67.0. The van der Waals surface area contributed by atoms with E-state index < -0.39 is 181 Å². The highest BCUT2D eigenvalue weighted by Gasteiger charge is 2.44. The maximum absolute atomic E-state index is 14.6. The average Bonchev–Trinajstić information content (AvgIpc) is 3.98. The van der Waals surface area contributed by atoms with Gasteiger partial charge in [0.2, 0.25) is 82.7 Å². The summed E-state index contributed by atoms with van der Waals surface area (Å²) in [5.41, 5.74) is 27.5. The summed E-state index contributed by atoms with van der Waals surface area (Å²) in [5.74, 6) is -12.9. The zero-order valence-corrected chi connectivity index (χ0v) is 47.2. The molecule has 4 heterocycles. The Morgan fingerprint density at radius 3 is 1.14 bits per heavy atom. The van der Waals surface area contributed by atoms with Gasteiger partial charge in [0.1, 0.15) is 54.4 Å². The van der Waals surface area contributed by atoms with Gasteiger partial charge in [0.25, 0.3) is 0 Å². The van der Waals surface area contributed by atoms with Crippen molar-refractivity contribution in [1.82, 2.24) is 51.9 Å². The number of likely N-dealkylation sites (tertiary alicyclic amines) is 3. The Hall–Kier alpha value is -8.77. The first-order chi connectivity index (χ1) is 40.3. The van der Waals surface area contributed by atoms with E-state index in [4.69, 9.17) is 28.7 Å². The lowest BCUT2D eigenvalue weighted by molar-refractivity contribution is -0.146. The minimum Gasteiger partial charge on any atom is -0.480 e. The molecular weight excluding hydrogens is 1110 g/mol. The van der Waals surface area contributed by atoms with Crippen LogP contribution < -0.4 is 65.9 Å². The zero-order chi connectivity index (χ0) is 62.5. The molecule has 1 aromatic rings. The van der Waals surface area contributed by atoms with Crippen molar-refractivity contribution in [2.75, 3.05) is 26.2 Å². The second-order valence-corrected chi connectivity index (χ2v) is 21.6. The van der Waals surface area contributed by atoms with Crippen molar-refractivity contribution < 1.29 is 77.0 Å². The smallest absolute Gasteiger partial charge is 0.326 e. The molecule has 4 fully saturated rings. The number of benzene rings is 1. The minimum atomic E-state index is -1.63. The molecule has 5 rings (SSSR count). The van der Waals surface area contributed by atoms with Gasteiger partial charge in [0, 0.05) is 58.2 Å². The topological polar surface area (TPSA) is 500 Å². The first-order valence-electron chi connectivity index (χ1n) is 28.5. The van der Waals surface area contributed by atoms with Crippen molar-refractivity contribution in [2.24, 2.45) is 28.7 Å². The van der Waals surface area contributed by atoms with Crippen LogP contribution >= 0.6 is 0 Å². The molecule has 31 heteroatoms. The Morgan fingerprint density at radius 2 is 0.776 bits per heavy atom. The van der Waals surface area contributed by atoms with Crippen molar-refractivity contribution in [1.29, 1.82) is 0 Å². The summed E-state index contributed by atoms with van der Waals surface area (Å²) in [5, 5.41) is 28.1. The molecule has 18 N–H and O–H groups in total. The summed E-state index contributed by atoms with van der Waals surface area (Å²) in [7, 11) is 0. The third-order valence-corrected chi connectivity index (χ3v) is 15.3. The van der Waals surface area contributed by atoms with E-state index >= 15 is 0 Å². The molecule has 10 atom stereocenters. The van der Waals surface area contributed by atoms with Gasteiger partial charge in [-0.15, -0.1) is 0 Å². The lowest BCUT2D eigenvalue weighted by Crippen LogP contribution is -2.60. The second kappa shape index (κ2) is 32.3. The van der Waals surface area contributed by atoms with Crippen LogP contribution in [0, 0.1) is 0 Å². The van der Waals surface area contributed by atoms with Crippen LogP contribution in [0.15, 0.2) is 30.3 Å². The minimum absolute atomic E-state index is 0.0284. The molecule has 4 aliphatic heterocycles. The molecule has 0 unspecified atom stereocenters. The number of carboxylic acid groups (broad SMARTS) is 1. The molecule has 0 aliphatic carbocycles. The second-order valence-electron chi connectivity index (χ2n) is 21.6. The molecule has 0 bridgehead atoms. The first-order valence-corrected chi connectivity index (χ1v) is 28.5. The van der Waals surface area contributed by atoms with Crippen molar-refractivity contribution in [3.05, 3.63) is 35.9 Å². The van der Waals surface area contributed by atoms with E-state index in [1.54, 1.807) is 30.3 Å². The predicted molar refractivity (Wildman–Crippen MR) is 297 cm³/mol. The highest BCUT2D eigenvalue weighted by Crippen LogP contribution is 2.25. The van der Waals surface area contributed by atoms with Gasteiger partial charge in [-0.2, -0.15) is 0 Å². The van der Waals surface area contributed by atoms with E-state index in [1.807, 2.05) is 0 Å². The molecule has 0 saturated carbocycles. The standard InChI is InChI=1S/C54H79N15O16/c55-40(70)19-14-31(61-45(75)30-10-4-24-60-30)46(76)63-33(16-21-42(57)72)51(81)67-25-5-11-37(67)48(78)62-32(15-20-41(56)71)47(77)64-34(17-22-43(58)73)52(82)68-26-6-13-39(68)50(80)66-36(28-29-8-2-1-3-9-29)53(83)69-27-7-12-38(69)49(79)65-35(54(84)85)18-23-44(59)74/h1-3,8-9,30-39,60H,4-7,10-28H2,(H2,55,70)(H2,56,71)(H2,57,72)(H2,58,73)(H2,59,74)(H,61,75)(H,62,78)(H,63,76)(H,64,77)(H,65,79)(H,66,80)(H,84,85)/t30-,31-,32-,33-,34-,35-,36-,37-,38-,39-/m0/s1. The van der Waals surface area contributed by atoms with Crippen molar-refractivity contribution in [3.8, 4) is 0 Å². The number of carbonyl (C=O) groups excluding carboxylic acids is 14. The number of amides is 14. The third kappa shape index (κ3) is 20.2. The Morgan fingerprint density at radius 1 is 0.435 bits per heavy atom. The lowest BCUT2D eigenvalue weighted by Gasteiger charge is -2.32. The summed E-state index contributed by atoms with van der Waals surface area (Å²) in [6.07, 6.45) is -1.53. The van der Waals surface area contributed by atoms with E-state index in [-0.39, 0.29) is 90.3 Å². The van der Waals surface area contributed by atoms with Gasteiger partial charge >= 0.3 is 5.97 Å².